The van der Waals surface area contributed by atoms with E-state index in [1.165, 1.54) is 32.7 Å². The predicted octanol–water partition coefficient (Wildman–Crippen LogP) is 0.613. The third-order valence-electron chi connectivity index (χ3n) is 1.85. The Morgan fingerprint density at radius 2 is 2.00 bits per heavy atom. The maximum Gasteiger partial charge on any atom is 0.0836 e. The Morgan fingerprint density at radius 1 is 1.30 bits per heavy atom. The van der Waals surface area contributed by atoms with Gasteiger partial charge in [0.05, 0.1) is 4.58 Å². The zero-order valence-electron chi connectivity index (χ0n) is 5.88. The van der Waals surface area contributed by atoms with Crippen molar-refractivity contribution in [3.05, 3.63) is 0 Å². The van der Waals surface area contributed by atoms with Crippen LogP contribution in [-0.2, 0) is 0 Å². The first-order chi connectivity index (χ1) is 4.95. The summed E-state index contributed by atoms with van der Waals surface area (Å²) >= 11 is 0. The van der Waals surface area contributed by atoms with E-state index in [-0.39, 0.29) is 0 Å². The van der Waals surface area contributed by atoms with Crippen LogP contribution in [-0.4, -0.2) is 42.2 Å². The van der Waals surface area contributed by atoms with Gasteiger partial charge in [-0.05, 0) is 0 Å². The fourth-order valence-corrected chi connectivity index (χ4v) is 2.43. The summed E-state index contributed by atoms with van der Waals surface area (Å²) in [6.45, 7) is 6.16. The molecule has 0 radical (unpaired) electrons. The molecule has 2 saturated heterocycles. The smallest absolute Gasteiger partial charge is 0.0836 e. The highest BCUT2D eigenvalue weighted by Crippen LogP contribution is 2.53. The maximum atomic E-state index is 3.35. The van der Waals surface area contributed by atoms with Gasteiger partial charge in [0.2, 0.25) is 0 Å². The van der Waals surface area contributed by atoms with Crippen molar-refractivity contribution in [1.29, 1.82) is 0 Å². The lowest BCUT2D eigenvalue weighted by Crippen LogP contribution is -2.44. The van der Waals surface area contributed by atoms with Gasteiger partial charge in [0.15, 0.2) is 0 Å². The molecule has 0 saturated carbocycles. The van der Waals surface area contributed by atoms with Crippen molar-refractivity contribution in [3.8, 4) is 0 Å². The molecule has 0 aromatic heterocycles. The summed E-state index contributed by atoms with van der Waals surface area (Å²) in [5.74, 6) is 0. The van der Waals surface area contributed by atoms with Crippen LogP contribution in [0.25, 0.3) is 0 Å². The van der Waals surface area contributed by atoms with E-state index in [1.807, 2.05) is 21.6 Å². The average Bonchev–Trinajstić information content (AvgIpc) is 2.74. The first kappa shape index (κ1) is 7.28. The number of hydrogen-bond acceptors (Lipinski definition) is 4. The summed E-state index contributed by atoms with van der Waals surface area (Å²) in [5, 5.41) is 3.35. The largest absolute Gasteiger partial charge is 0.314 e. The molecule has 2 heterocycles. The molecule has 0 aliphatic carbocycles. The summed E-state index contributed by atoms with van der Waals surface area (Å²) < 4.78 is 0.901. The number of rotatable bonds is 2. The second-order valence-electron chi connectivity index (χ2n) is 2.67. The van der Waals surface area contributed by atoms with E-state index in [4.69, 9.17) is 0 Å². The Hall–Kier alpha value is 0.620. The summed E-state index contributed by atoms with van der Waals surface area (Å²) in [7, 11) is 4.03. The molecule has 2 aliphatic rings. The average molecular weight is 176 g/mol. The van der Waals surface area contributed by atoms with Crippen LogP contribution in [0.5, 0.6) is 0 Å². The fourth-order valence-electron chi connectivity index (χ4n) is 1.20. The van der Waals surface area contributed by atoms with Crippen molar-refractivity contribution in [3.63, 3.8) is 0 Å². The van der Waals surface area contributed by atoms with Crippen LogP contribution < -0.4 is 5.32 Å². The van der Waals surface area contributed by atoms with E-state index in [0.29, 0.717) is 0 Å². The summed E-state index contributed by atoms with van der Waals surface area (Å²) in [5.41, 5.74) is 0. The Bertz CT molecular complexity index is 110. The molecule has 58 valence electrons. The van der Waals surface area contributed by atoms with E-state index < -0.39 is 0 Å². The second-order valence-corrected chi connectivity index (χ2v) is 5.65. The molecule has 2 aliphatic heterocycles. The molecular formula is C6H12N2S2. The monoisotopic (exact) mass is 176 g/mol. The van der Waals surface area contributed by atoms with Crippen LogP contribution in [0.1, 0.15) is 0 Å². The van der Waals surface area contributed by atoms with E-state index >= 15 is 0 Å². The normalized spacial score (nSPS) is 28.8. The standard InChI is InChI=1S/C6H12N2S2/c1-3-8(4-2-7-1)5-6-9-10-6/h6-7H,1-5H2. The molecule has 0 aromatic rings. The quantitative estimate of drug-likeness (QED) is 0.490. The van der Waals surface area contributed by atoms with Gasteiger partial charge in [0.25, 0.3) is 0 Å². The van der Waals surface area contributed by atoms with Crippen molar-refractivity contribution in [2.75, 3.05) is 32.7 Å². The molecule has 1 N–H and O–H groups in total. The van der Waals surface area contributed by atoms with Crippen LogP contribution in [0.15, 0.2) is 0 Å². The zero-order chi connectivity index (χ0) is 6.81. The van der Waals surface area contributed by atoms with E-state index in [0.717, 1.165) is 4.58 Å². The molecule has 2 rings (SSSR count). The SMILES string of the molecule is C1CN(CC2SS2)CCN1. The lowest BCUT2D eigenvalue weighted by atomic mass is 10.4. The van der Waals surface area contributed by atoms with Crippen molar-refractivity contribution in [2.45, 2.75) is 4.58 Å². The topological polar surface area (TPSA) is 15.3 Å². The molecule has 10 heavy (non-hydrogen) atoms. The minimum Gasteiger partial charge on any atom is -0.314 e. The first-order valence-corrected chi connectivity index (χ1v) is 5.98. The molecule has 0 atom stereocenters. The van der Waals surface area contributed by atoms with Crippen LogP contribution >= 0.6 is 21.6 Å². The zero-order valence-corrected chi connectivity index (χ0v) is 7.51. The van der Waals surface area contributed by atoms with Gasteiger partial charge in [-0.25, -0.2) is 0 Å². The first-order valence-electron chi connectivity index (χ1n) is 3.70. The molecule has 0 bridgehead atoms. The Morgan fingerprint density at radius 3 is 2.60 bits per heavy atom. The molecule has 0 amide bonds. The highest BCUT2D eigenvalue weighted by atomic mass is 33.2. The highest BCUT2D eigenvalue weighted by Gasteiger charge is 2.27. The lowest BCUT2D eigenvalue weighted by Gasteiger charge is -2.26. The van der Waals surface area contributed by atoms with Crippen LogP contribution in [0, 0.1) is 0 Å². The predicted molar refractivity (Wildman–Crippen MR) is 48.3 cm³/mol. The van der Waals surface area contributed by atoms with Gasteiger partial charge in [-0.2, -0.15) is 0 Å². The van der Waals surface area contributed by atoms with Gasteiger partial charge in [0.1, 0.15) is 0 Å². The molecule has 0 spiro atoms. The third kappa shape index (κ3) is 2.05. The van der Waals surface area contributed by atoms with Gasteiger partial charge in [-0.15, -0.1) is 0 Å². The van der Waals surface area contributed by atoms with Gasteiger partial charge < -0.3 is 5.32 Å². The molecule has 2 fully saturated rings. The summed E-state index contributed by atoms with van der Waals surface area (Å²) in [4.78, 5) is 2.55. The second kappa shape index (κ2) is 3.34. The van der Waals surface area contributed by atoms with Crippen molar-refractivity contribution in [2.24, 2.45) is 0 Å². The number of piperazine rings is 1. The van der Waals surface area contributed by atoms with E-state index in [9.17, 15) is 0 Å². The maximum absolute atomic E-state index is 3.35. The Kier molecular flexibility index (Phi) is 2.43. The Labute approximate surface area is 69.5 Å². The third-order valence-corrected chi connectivity index (χ3v) is 4.01. The van der Waals surface area contributed by atoms with Gasteiger partial charge in [-0.3, -0.25) is 4.90 Å². The molecule has 2 nitrogen and oxygen atoms in total. The minimum absolute atomic E-state index is 0.901. The van der Waals surface area contributed by atoms with Gasteiger partial charge in [0, 0.05) is 32.7 Å². The Balaban J connectivity index is 1.69. The summed E-state index contributed by atoms with van der Waals surface area (Å²) in [6.07, 6.45) is 0. The van der Waals surface area contributed by atoms with Crippen molar-refractivity contribution >= 4 is 21.6 Å². The number of hydrogen-bond donors (Lipinski definition) is 1. The molecule has 4 heteroatoms. The minimum atomic E-state index is 0.901. The number of nitrogens with one attached hydrogen (secondary N) is 1. The highest BCUT2D eigenvalue weighted by molar-refractivity contribution is 8.92. The van der Waals surface area contributed by atoms with Gasteiger partial charge in [-0.1, -0.05) is 21.6 Å². The fraction of sp³-hybridized carbons (Fsp3) is 1.00. The van der Waals surface area contributed by atoms with Gasteiger partial charge >= 0.3 is 0 Å². The van der Waals surface area contributed by atoms with E-state index in [2.05, 4.69) is 10.2 Å². The van der Waals surface area contributed by atoms with Crippen LogP contribution in [0.2, 0.25) is 0 Å². The summed E-state index contributed by atoms with van der Waals surface area (Å²) in [6, 6.07) is 0. The van der Waals surface area contributed by atoms with Crippen LogP contribution in [0.3, 0.4) is 0 Å². The van der Waals surface area contributed by atoms with Crippen molar-refractivity contribution in [1.82, 2.24) is 10.2 Å². The molecular weight excluding hydrogens is 164 g/mol. The lowest BCUT2D eigenvalue weighted by molar-refractivity contribution is 0.253. The molecule has 0 unspecified atom stereocenters. The molecule has 0 aromatic carbocycles. The van der Waals surface area contributed by atoms with E-state index in [1.54, 1.807) is 0 Å². The van der Waals surface area contributed by atoms with Crippen molar-refractivity contribution < 1.29 is 0 Å². The van der Waals surface area contributed by atoms with Crippen LogP contribution in [0.4, 0.5) is 0 Å². The number of nitrogens with zero attached hydrogens (tertiary/aromatic N) is 1.